The van der Waals surface area contributed by atoms with Gasteiger partial charge in [0.25, 0.3) is 0 Å². The summed E-state index contributed by atoms with van der Waals surface area (Å²) in [4.78, 5) is 20.4. The van der Waals surface area contributed by atoms with Gasteiger partial charge in [0.05, 0.1) is 5.52 Å². The number of para-hydroxylation sites is 1. The third kappa shape index (κ3) is 6.60. The van der Waals surface area contributed by atoms with E-state index in [0.717, 1.165) is 94.2 Å². The number of hydrogen-bond acceptors (Lipinski definition) is 5. The van der Waals surface area contributed by atoms with Crippen LogP contribution in [0.1, 0.15) is 0 Å². The van der Waals surface area contributed by atoms with E-state index in [2.05, 4.69) is 194 Å². The Morgan fingerprint density at radius 1 is 0.270 bits per heavy atom. The van der Waals surface area contributed by atoms with Gasteiger partial charge in [-0.2, -0.15) is 0 Å². The van der Waals surface area contributed by atoms with Crippen molar-refractivity contribution in [2.75, 3.05) is 0 Å². The molecular formula is C58H36N4O. The molecule has 0 spiro atoms. The second-order valence-corrected chi connectivity index (χ2v) is 15.8. The van der Waals surface area contributed by atoms with Crippen LogP contribution in [0.3, 0.4) is 0 Å². The highest BCUT2D eigenvalue weighted by molar-refractivity contribution is 6.27. The summed E-state index contributed by atoms with van der Waals surface area (Å²) in [7, 11) is 0. The van der Waals surface area contributed by atoms with Crippen molar-refractivity contribution in [3.05, 3.63) is 218 Å². The molecule has 0 amide bonds. The Kier molecular flexibility index (Phi) is 8.75. The predicted octanol–water partition coefficient (Wildman–Crippen LogP) is 15.1. The van der Waals surface area contributed by atoms with Crippen molar-refractivity contribution in [2.45, 2.75) is 0 Å². The van der Waals surface area contributed by atoms with Crippen LogP contribution in [0.5, 0.6) is 0 Å². The van der Waals surface area contributed by atoms with Crippen LogP contribution in [-0.2, 0) is 0 Å². The Hall–Kier alpha value is -8.54. The van der Waals surface area contributed by atoms with Crippen molar-refractivity contribution < 1.29 is 4.42 Å². The first-order valence-corrected chi connectivity index (χ1v) is 21.1. The second-order valence-electron chi connectivity index (χ2n) is 15.8. The molecule has 3 heterocycles. The number of hydrogen-bond donors (Lipinski definition) is 0. The SMILES string of the molecule is c1ccc(-c2ccc(-c3nc(-c4ccc(-c5ccccc5)cc4)nc(-c4ccc(-c5ccc(-c6nc7ccc8ccccc8c7c7c6oc6ccccc67)cc5)cc4)n3)cc2)cc1. The average molecular weight is 805 g/mol. The lowest BCUT2D eigenvalue weighted by Crippen LogP contribution is -2.00. The van der Waals surface area contributed by atoms with E-state index in [-0.39, 0.29) is 0 Å². The minimum Gasteiger partial charge on any atom is -0.454 e. The van der Waals surface area contributed by atoms with Gasteiger partial charge in [-0.05, 0) is 56.3 Å². The Labute approximate surface area is 363 Å². The van der Waals surface area contributed by atoms with Gasteiger partial charge in [-0.1, -0.05) is 206 Å². The Bertz CT molecular complexity index is 3520. The van der Waals surface area contributed by atoms with E-state index in [1.807, 2.05) is 24.3 Å². The van der Waals surface area contributed by atoms with Crippen LogP contribution >= 0.6 is 0 Å². The Morgan fingerprint density at radius 2 is 0.667 bits per heavy atom. The van der Waals surface area contributed by atoms with E-state index in [0.29, 0.717) is 17.5 Å². The molecule has 0 aliphatic carbocycles. The molecule has 0 fully saturated rings. The summed E-state index contributed by atoms with van der Waals surface area (Å²) in [6.45, 7) is 0. The van der Waals surface area contributed by atoms with Crippen molar-refractivity contribution in [3.8, 4) is 78.8 Å². The number of aromatic nitrogens is 4. The zero-order valence-corrected chi connectivity index (χ0v) is 34.0. The fourth-order valence-corrected chi connectivity index (χ4v) is 8.72. The highest BCUT2D eigenvalue weighted by atomic mass is 16.3. The molecule has 0 bridgehead atoms. The van der Waals surface area contributed by atoms with Crippen molar-refractivity contribution in [2.24, 2.45) is 0 Å². The summed E-state index contributed by atoms with van der Waals surface area (Å²) >= 11 is 0. The second kappa shape index (κ2) is 15.2. The standard InChI is InChI=1S/C58H36N4O/c1-3-11-37(12-4-1)39-21-29-45(30-22-39)56-60-57(46-31-23-40(24-32-46)38-13-5-2-6-14-38)62-58(61-56)47-33-25-42(26-34-47)41-19-27-44(28-20-41)54-55-53(49-17-9-10-18-51(49)63-55)52-48-16-8-7-15-43(48)35-36-50(52)59-54/h1-36H. The number of nitrogens with zero attached hydrogens (tertiary/aromatic N) is 4. The largest absolute Gasteiger partial charge is 0.454 e. The van der Waals surface area contributed by atoms with Gasteiger partial charge >= 0.3 is 0 Å². The van der Waals surface area contributed by atoms with Crippen molar-refractivity contribution >= 4 is 43.6 Å². The van der Waals surface area contributed by atoms with Crippen LogP contribution in [0, 0.1) is 0 Å². The molecular weight excluding hydrogens is 769 g/mol. The average Bonchev–Trinajstić information content (AvgIpc) is 3.76. The van der Waals surface area contributed by atoms with E-state index < -0.39 is 0 Å². The van der Waals surface area contributed by atoms with Gasteiger partial charge in [0, 0.05) is 38.4 Å². The van der Waals surface area contributed by atoms with E-state index >= 15 is 0 Å². The van der Waals surface area contributed by atoms with E-state index in [9.17, 15) is 0 Å². The van der Waals surface area contributed by atoms with Crippen LogP contribution in [0.15, 0.2) is 223 Å². The highest BCUT2D eigenvalue weighted by Crippen LogP contribution is 2.42. The first kappa shape index (κ1) is 36.3. The van der Waals surface area contributed by atoms with Crippen molar-refractivity contribution in [3.63, 3.8) is 0 Å². The third-order valence-corrected chi connectivity index (χ3v) is 12.0. The quantitative estimate of drug-likeness (QED) is 0.150. The number of fused-ring (bicyclic) bond motifs is 7. The molecule has 63 heavy (non-hydrogen) atoms. The van der Waals surface area contributed by atoms with Gasteiger partial charge in [0.2, 0.25) is 0 Å². The topological polar surface area (TPSA) is 64.7 Å². The molecule has 0 aliphatic rings. The zero-order valence-electron chi connectivity index (χ0n) is 34.0. The lowest BCUT2D eigenvalue weighted by Gasteiger charge is -2.11. The summed E-state index contributed by atoms with van der Waals surface area (Å²) in [6.07, 6.45) is 0. The van der Waals surface area contributed by atoms with Crippen LogP contribution < -0.4 is 0 Å². The van der Waals surface area contributed by atoms with Crippen molar-refractivity contribution in [1.82, 2.24) is 19.9 Å². The van der Waals surface area contributed by atoms with Gasteiger partial charge in [0.15, 0.2) is 23.1 Å². The number of benzene rings is 9. The molecule has 0 radical (unpaired) electrons. The molecule has 3 aromatic heterocycles. The van der Waals surface area contributed by atoms with E-state index in [1.54, 1.807) is 0 Å². The Balaban J connectivity index is 0.896. The fourth-order valence-electron chi connectivity index (χ4n) is 8.72. The van der Waals surface area contributed by atoms with Crippen molar-refractivity contribution in [1.29, 1.82) is 0 Å². The molecule has 0 saturated heterocycles. The summed E-state index contributed by atoms with van der Waals surface area (Å²) in [5.74, 6) is 1.85. The molecule has 0 saturated carbocycles. The normalized spacial score (nSPS) is 11.5. The maximum atomic E-state index is 6.61. The summed E-state index contributed by atoms with van der Waals surface area (Å²) in [5, 5.41) is 5.66. The lowest BCUT2D eigenvalue weighted by molar-refractivity contribution is 0.669. The monoisotopic (exact) mass is 804 g/mol. The number of pyridine rings is 1. The molecule has 12 rings (SSSR count). The Morgan fingerprint density at radius 3 is 1.17 bits per heavy atom. The van der Waals surface area contributed by atoms with E-state index in [4.69, 9.17) is 24.4 Å². The minimum absolute atomic E-state index is 0.612. The maximum Gasteiger partial charge on any atom is 0.164 e. The molecule has 294 valence electrons. The van der Waals surface area contributed by atoms with Gasteiger partial charge in [0.1, 0.15) is 11.3 Å². The zero-order chi connectivity index (χ0) is 41.7. The van der Waals surface area contributed by atoms with Gasteiger partial charge in [-0.3, -0.25) is 0 Å². The lowest BCUT2D eigenvalue weighted by atomic mass is 9.97. The number of furan rings is 1. The summed E-state index contributed by atoms with van der Waals surface area (Å²) in [6, 6.07) is 75.7. The van der Waals surface area contributed by atoms with Crippen LogP contribution in [0.25, 0.3) is 122 Å². The molecule has 5 nitrogen and oxygen atoms in total. The highest BCUT2D eigenvalue weighted by Gasteiger charge is 2.20. The molecule has 0 atom stereocenters. The molecule has 0 unspecified atom stereocenters. The van der Waals surface area contributed by atoms with Crippen LogP contribution in [0.2, 0.25) is 0 Å². The molecule has 0 N–H and O–H groups in total. The van der Waals surface area contributed by atoms with Gasteiger partial charge in [-0.15, -0.1) is 0 Å². The predicted molar refractivity (Wildman–Crippen MR) is 258 cm³/mol. The van der Waals surface area contributed by atoms with Crippen LogP contribution in [0.4, 0.5) is 0 Å². The summed E-state index contributed by atoms with van der Waals surface area (Å²) < 4.78 is 6.61. The number of rotatable bonds is 7. The molecule has 12 aromatic rings. The van der Waals surface area contributed by atoms with Gasteiger partial charge in [-0.25, -0.2) is 19.9 Å². The molecule has 5 heteroatoms. The first-order valence-electron chi connectivity index (χ1n) is 21.1. The molecule has 9 aromatic carbocycles. The smallest absolute Gasteiger partial charge is 0.164 e. The maximum absolute atomic E-state index is 6.61. The summed E-state index contributed by atoms with van der Waals surface area (Å²) in [5.41, 5.74) is 13.9. The molecule has 0 aliphatic heterocycles. The third-order valence-electron chi connectivity index (χ3n) is 12.0. The van der Waals surface area contributed by atoms with Crippen LogP contribution in [-0.4, -0.2) is 19.9 Å². The first-order chi connectivity index (χ1) is 31.2. The fraction of sp³-hybridized carbons (Fsp3) is 0. The van der Waals surface area contributed by atoms with Gasteiger partial charge < -0.3 is 4.42 Å². The van der Waals surface area contributed by atoms with E-state index in [1.165, 1.54) is 10.8 Å². The minimum atomic E-state index is 0.612.